The van der Waals surface area contributed by atoms with Gasteiger partial charge >= 0.3 is 12.0 Å². The Hall–Kier alpha value is -2.11. The highest BCUT2D eigenvalue weighted by Crippen LogP contribution is 2.04. The smallest absolute Gasteiger partial charge is 0.315 e. The molecule has 0 saturated carbocycles. The summed E-state index contributed by atoms with van der Waals surface area (Å²) >= 11 is 0. The number of hydrogen-bond donors (Lipinski definition) is 3. The van der Waals surface area contributed by atoms with Crippen LogP contribution in [0.15, 0.2) is 24.4 Å². The number of urea groups is 1. The van der Waals surface area contributed by atoms with E-state index in [1.54, 1.807) is 13.1 Å². The number of nitrogens with one attached hydrogen (secondary N) is 2. The van der Waals surface area contributed by atoms with Gasteiger partial charge in [-0.25, -0.2) is 4.79 Å². The van der Waals surface area contributed by atoms with Crippen molar-refractivity contribution >= 4 is 12.0 Å². The Kier molecular flexibility index (Phi) is 6.35. The molecular weight excluding hydrogens is 246 g/mol. The van der Waals surface area contributed by atoms with Crippen LogP contribution in [0.2, 0.25) is 0 Å². The van der Waals surface area contributed by atoms with Crippen LogP contribution in [0, 0.1) is 5.92 Å². The van der Waals surface area contributed by atoms with Crippen LogP contribution in [0.3, 0.4) is 0 Å². The van der Waals surface area contributed by atoms with Gasteiger partial charge in [-0.2, -0.15) is 0 Å². The fraction of sp³-hybridized carbons (Fsp3) is 0.462. The van der Waals surface area contributed by atoms with E-state index in [-0.39, 0.29) is 11.9 Å². The number of carboxylic acid groups (broad SMARTS) is 1. The Labute approximate surface area is 112 Å². The molecule has 6 nitrogen and oxygen atoms in total. The summed E-state index contributed by atoms with van der Waals surface area (Å²) in [5.74, 6) is -1.18. The SMILES string of the molecule is CC(CCCNC(=O)NCc1ccccn1)C(=O)O. The summed E-state index contributed by atoms with van der Waals surface area (Å²) in [5, 5.41) is 14.1. The molecule has 0 aromatic carbocycles. The monoisotopic (exact) mass is 265 g/mol. The van der Waals surface area contributed by atoms with Crippen molar-refractivity contribution in [3.05, 3.63) is 30.1 Å². The van der Waals surface area contributed by atoms with Crippen LogP contribution in [-0.2, 0) is 11.3 Å². The molecule has 0 fully saturated rings. The molecule has 1 heterocycles. The molecule has 0 aliphatic heterocycles. The number of carbonyl (C=O) groups is 2. The molecule has 6 heteroatoms. The van der Waals surface area contributed by atoms with Gasteiger partial charge in [0.1, 0.15) is 0 Å². The number of amides is 2. The van der Waals surface area contributed by atoms with Gasteiger partial charge in [0, 0.05) is 12.7 Å². The van der Waals surface area contributed by atoms with Crippen molar-refractivity contribution in [3.63, 3.8) is 0 Å². The second-order valence-corrected chi connectivity index (χ2v) is 4.31. The largest absolute Gasteiger partial charge is 0.481 e. The minimum Gasteiger partial charge on any atom is -0.481 e. The second-order valence-electron chi connectivity index (χ2n) is 4.31. The zero-order valence-corrected chi connectivity index (χ0v) is 10.9. The number of nitrogens with zero attached hydrogens (tertiary/aromatic N) is 1. The van der Waals surface area contributed by atoms with Gasteiger partial charge in [0.2, 0.25) is 0 Å². The maximum atomic E-state index is 11.4. The highest BCUT2D eigenvalue weighted by molar-refractivity contribution is 5.73. The zero-order valence-electron chi connectivity index (χ0n) is 10.9. The number of pyridine rings is 1. The third kappa shape index (κ3) is 6.40. The Morgan fingerprint density at radius 1 is 1.37 bits per heavy atom. The van der Waals surface area contributed by atoms with Crippen molar-refractivity contribution in [2.45, 2.75) is 26.3 Å². The molecule has 1 atom stereocenters. The summed E-state index contributed by atoms with van der Waals surface area (Å²) in [4.78, 5) is 26.1. The van der Waals surface area contributed by atoms with E-state index in [0.717, 1.165) is 5.69 Å². The van der Waals surface area contributed by atoms with Crippen LogP contribution in [-0.4, -0.2) is 28.6 Å². The van der Waals surface area contributed by atoms with Crippen molar-refractivity contribution in [1.82, 2.24) is 15.6 Å². The highest BCUT2D eigenvalue weighted by atomic mass is 16.4. The van der Waals surface area contributed by atoms with Crippen molar-refractivity contribution in [2.24, 2.45) is 5.92 Å². The molecule has 3 N–H and O–H groups in total. The van der Waals surface area contributed by atoms with E-state index in [0.29, 0.717) is 25.9 Å². The first-order valence-electron chi connectivity index (χ1n) is 6.24. The number of aliphatic carboxylic acids is 1. The van der Waals surface area contributed by atoms with E-state index in [2.05, 4.69) is 15.6 Å². The maximum absolute atomic E-state index is 11.4. The van der Waals surface area contributed by atoms with Gasteiger partial charge in [0.05, 0.1) is 18.2 Å². The lowest BCUT2D eigenvalue weighted by molar-refractivity contribution is -0.141. The minimum atomic E-state index is -0.806. The summed E-state index contributed by atoms with van der Waals surface area (Å²) in [7, 11) is 0. The predicted molar refractivity (Wildman–Crippen MR) is 70.5 cm³/mol. The predicted octanol–water partition coefficient (Wildman–Crippen LogP) is 1.38. The van der Waals surface area contributed by atoms with Gasteiger partial charge in [0.25, 0.3) is 0 Å². The van der Waals surface area contributed by atoms with Crippen molar-refractivity contribution in [2.75, 3.05) is 6.54 Å². The quantitative estimate of drug-likeness (QED) is 0.649. The average Bonchev–Trinajstić information content (AvgIpc) is 2.42. The lowest BCUT2D eigenvalue weighted by atomic mass is 10.1. The van der Waals surface area contributed by atoms with Crippen molar-refractivity contribution < 1.29 is 14.7 Å². The van der Waals surface area contributed by atoms with E-state index in [1.165, 1.54) is 0 Å². The normalized spacial score (nSPS) is 11.6. The molecule has 0 bridgehead atoms. The molecule has 0 saturated heterocycles. The van der Waals surface area contributed by atoms with Crippen LogP contribution in [0.4, 0.5) is 4.79 Å². The molecule has 0 aliphatic carbocycles. The summed E-state index contributed by atoms with van der Waals surface area (Å²) in [6, 6.07) is 5.23. The number of hydrogen-bond acceptors (Lipinski definition) is 3. The number of carboxylic acids is 1. The van der Waals surface area contributed by atoms with Gasteiger partial charge < -0.3 is 15.7 Å². The molecule has 1 aromatic heterocycles. The first-order chi connectivity index (χ1) is 9.09. The summed E-state index contributed by atoms with van der Waals surface area (Å²) in [5.41, 5.74) is 0.789. The standard InChI is InChI=1S/C13H19N3O3/c1-10(12(17)18)5-4-8-15-13(19)16-9-11-6-2-3-7-14-11/h2-3,6-7,10H,4-5,8-9H2,1H3,(H,17,18)(H2,15,16,19). The number of rotatable bonds is 7. The third-order valence-corrected chi connectivity index (χ3v) is 2.68. The van der Waals surface area contributed by atoms with Crippen molar-refractivity contribution in [3.8, 4) is 0 Å². The van der Waals surface area contributed by atoms with Crippen molar-refractivity contribution in [1.29, 1.82) is 0 Å². The second kappa shape index (κ2) is 8.07. The number of aromatic nitrogens is 1. The molecule has 0 aliphatic rings. The van der Waals surface area contributed by atoms with Gasteiger partial charge in [-0.3, -0.25) is 9.78 Å². The third-order valence-electron chi connectivity index (χ3n) is 2.68. The topological polar surface area (TPSA) is 91.3 Å². The van der Waals surface area contributed by atoms with Gasteiger partial charge in [-0.15, -0.1) is 0 Å². The van der Waals surface area contributed by atoms with Crippen LogP contribution < -0.4 is 10.6 Å². The van der Waals surface area contributed by atoms with E-state index < -0.39 is 5.97 Å². The molecule has 1 rings (SSSR count). The van der Waals surface area contributed by atoms with E-state index >= 15 is 0 Å². The Balaban J connectivity index is 2.10. The molecule has 19 heavy (non-hydrogen) atoms. The summed E-state index contributed by atoms with van der Waals surface area (Å²) in [6.07, 6.45) is 2.86. The molecule has 1 unspecified atom stereocenters. The Morgan fingerprint density at radius 3 is 2.79 bits per heavy atom. The minimum absolute atomic E-state index is 0.270. The zero-order chi connectivity index (χ0) is 14.1. The van der Waals surface area contributed by atoms with E-state index in [1.807, 2.05) is 18.2 Å². The van der Waals surface area contributed by atoms with Gasteiger partial charge in [-0.05, 0) is 25.0 Å². The van der Waals surface area contributed by atoms with Crippen LogP contribution in [0.5, 0.6) is 0 Å². The molecule has 1 aromatic rings. The van der Waals surface area contributed by atoms with Crippen LogP contribution in [0.1, 0.15) is 25.5 Å². The Morgan fingerprint density at radius 2 is 2.16 bits per heavy atom. The molecular formula is C13H19N3O3. The molecule has 0 spiro atoms. The summed E-state index contributed by atoms with van der Waals surface area (Å²) in [6.45, 7) is 2.49. The van der Waals surface area contributed by atoms with Crippen LogP contribution >= 0.6 is 0 Å². The van der Waals surface area contributed by atoms with E-state index in [4.69, 9.17) is 5.11 Å². The lowest BCUT2D eigenvalue weighted by Crippen LogP contribution is -2.35. The molecule has 0 radical (unpaired) electrons. The number of carbonyl (C=O) groups excluding carboxylic acids is 1. The van der Waals surface area contributed by atoms with Crippen LogP contribution in [0.25, 0.3) is 0 Å². The first kappa shape index (κ1) is 14.9. The van der Waals surface area contributed by atoms with E-state index in [9.17, 15) is 9.59 Å². The highest BCUT2D eigenvalue weighted by Gasteiger charge is 2.09. The lowest BCUT2D eigenvalue weighted by Gasteiger charge is -2.08. The fourth-order valence-corrected chi connectivity index (χ4v) is 1.47. The molecule has 104 valence electrons. The maximum Gasteiger partial charge on any atom is 0.315 e. The first-order valence-corrected chi connectivity index (χ1v) is 6.24. The Bertz CT molecular complexity index is 409. The fourth-order valence-electron chi connectivity index (χ4n) is 1.47. The van der Waals surface area contributed by atoms with Gasteiger partial charge in [-0.1, -0.05) is 13.0 Å². The average molecular weight is 265 g/mol. The molecule has 2 amide bonds. The summed E-state index contributed by atoms with van der Waals surface area (Å²) < 4.78 is 0. The van der Waals surface area contributed by atoms with Gasteiger partial charge in [0.15, 0.2) is 0 Å².